The first-order valence-corrected chi connectivity index (χ1v) is 7.05. The van der Waals surface area contributed by atoms with E-state index >= 15 is 0 Å². The smallest absolute Gasteiger partial charge is 0.261 e. The summed E-state index contributed by atoms with van der Waals surface area (Å²) >= 11 is 2.08. The molecule has 0 N–H and O–H groups in total. The number of benzene rings is 2. The van der Waals surface area contributed by atoms with Gasteiger partial charge in [-0.25, -0.2) is 4.39 Å². The number of imide groups is 1. The van der Waals surface area contributed by atoms with E-state index in [1.54, 1.807) is 36.4 Å². The van der Waals surface area contributed by atoms with Crippen molar-refractivity contribution in [2.24, 2.45) is 0 Å². The van der Waals surface area contributed by atoms with Crippen molar-refractivity contribution >= 4 is 34.4 Å². The van der Waals surface area contributed by atoms with E-state index in [1.807, 2.05) is 0 Å². The lowest BCUT2D eigenvalue weighted by Crippen LogP contribution is -2.29. The zero-order valence-electron chi connectivity index (χ0n) is 10.3. The Morgan fingerprint density at radius 3 is 2.45 bits per heavy atom. The van der Waals surface area contributed by atoms with E-state index < -0.39 is 5.82 Å². The Bertz CT molecular complexity index is 730. The van der Waals surface area contributed by atoms with Crippen LogP contribution in [-0.2, 0) is 6.54 Å². The zero-order valence-corrected chi connectivity index (χ0v) is 12.4. The molecule has 0 unspecified atom stereocenters. The first-order valence-electron chi connectivity index (χ1n) is 5.97. The number of fused-ring (bicyclic) bond motifs is 1. The second-order valence-electron chi connectivity index (χ2n) is 4.48. The Kier molecular flexibility index (Phi) is 3.29. The summed E-state index contributed by atoms with van der Waals surface area (Å²) in [5.74, 6) is -1.16. The molecule has 100 valence electrons. The van der Waals surface area contributed by atoms with Crippen LogP contribution < -0.4 is 0 Å². The first kappa shape index (κ1) is 13.2. The summed E-state index contributed by atoms with van der Waals surface area (Å²) in [6.07, 6.45) is 0. The molecule has 3 rings (SSSR count). The van der Waals surface area contributed by atoms with Crippen molar-refractivity contribution in [1.82, 2.24) is 4.90 Å². The molecule has 2 aromatic rings. The van der Waals surface area contributed by atoms with Gasteiger partial charge in [0.2, 0.25) is 0 Å². The molecule has 2 amide bonds. The van der Waals surface area contributed by atoms with Gasteiger partial charge in [0.15, 0.2) is 0 Å². The first-order chi connectivity index (χ1) is 9.58. The van der Waals surface area contributed by atoms with Crippen LogP contribution in [0.5, 0.6) is 0 Å². The maximum atomic E-state index is 13.6. The van der Waals surface area contributed by atoms with Gasteiger partial charge in [-0.15, -0.1) is 0 Å². The number of carbonyl (C=O) groups excluding carboxylic acids is 2. The molecule has 5 heteroatoms. The standard InChI is InChI=1S/C15H9FINO2/c16-13-4-2-1-3-9(13)8-18-14(19)11-6-5-10(17)7-12(11)15(18)20/h1-7H,8H2. The van der Waals surface area contributed by atoms with Crippen LogP contribution in [0.25, 0.3) is 0 Å². The highest BCUT2D eigenvalue weighted by molar-refractivity contribution is 14.1. The summed E-state index contributed by atoms with van der Waals surface area (Å²) in [6.45, 7) is -0.0460. The number of carbonyl (C=O) groups is 2. The fourth-order valence-electron chi connectivity index (χ4n) is 2.20. The Balaban J connectivity index is 1.96. The largest absolute Gasteiger partial charge is 0.270 e. The summed E-state index contributed by atoms with van der Waals surface area (Å²) < 4.78 is 14.5. The molecule has 0 aromatic heterocycles. The molecule has 3 nitrogen and oxygen atoms in total. The molecule has 2 aromatic carbocycles. The van der Waals surface area contributed by atoms with Crippen molar-refractivity contribution in [2.75, 3.05) is 0 Å². The van der Waals surface area contributed by atoms with Gasteiger partial charge in [-0.05, 0) is 46.9 Å². The average Bonchev–Trinajstić information content (AvgIpc) is 2.66. The van der Waals surface area contributed by atoms with Crippen molar-refractivity contribution in [3.05, 3.63) is 68.5 Å². The topological polar surface area (TPSA) is 37.4 Å². The highest BCUT2D eigenvalue weighted by Gasteiger charge is 2.35. The Morgan fingerprint density at radius 2 is 1.70 bits per heavy atom. The van der Waals surface area contributed by atoms with Crippen molar-refractivity contribution in [2.45, 2.75) is 6.54 Å². The van der Waals surface area contributed by atoms with Crippen molar-refractivity contribution in [3.8, 4) is 0 Å². The van der Waals surface area contributed by atoms with E-state index in [1.165, 1.54) is 6.07 Å². The lowest BCUT2D eigenvalue weighted by atomic mass is 10.1. The van der Waals surface area contributed by atoms with Crippen LogP contribution in [0.2, 0.25) is 0 Å². The minimum absolute atomic E-state index is 0.0460. The van der Waals surface area contributed by atoms with Gasteiger partial charge in [0.05, 0.1) is 17.7 Å². The lowest BCUT2D eigenvalue weighted by Gasteiger charge is -2.14. The van der Waals surface area contributed by atoms with Crippen LogP contribution in [-0.4, -0.2) is 16.7 Å². The number of halogens is 2. The summed E-state index contributed by atoms with van der Waals surface area (Å²) in [5.41, 5.74) is 1.10. The molecular formula is C15H9FINO2. The van der Waals surface area contributed by atoms with Crippen molar-refractivity contribution < 1.29 is 14.0 Å². The molecule has 0 aliphatic carbocycles. The SMILES string of the molecule is O=C1c2ccc(I)cc2C(=O)N1Cc1ccccc1F. The predicted octanol–water partition coefficient (Wildman–Crippen LogP) is 3.23. The number of hydrogen-bond acceptors (Lipinski definition) is 2. The van der Waals surface area contributed by atoms with Gasteiger partial charge >= 0.3 is 0 Å². The molecule has 1 heterocycles. The van der Waals surface area contributed by atoms with Gasteiger partial charge in [0, 0.05) is 9.13 Å². The van der Waals surface area contributed by atoms with E-state index in [0.717, 1.165) is 8.47 Å². The van der Waals surface area contributed by atoms with Gasteiger partial charge in [0.1, 0.15) is 5.82 Å². The molecule has 20 heavy (non-hydrogen) atoms. The monoisotopic (exact) mass is 381 g/mol. The molecule has 0 saturated carbocycles. The third-order valence-corrected chi connectivity index (χ3v) is 3.89. The van der Waals surface area contributed by atoms with Gasteiger partial charge in [-0.3, -0.25) is 14.5 Å². The highest BCUT2D eigenvalue weighted by atomic mass is 127. The minimum Gasteiger partial charge on any atom is -0.270 e. The normalized spacial score (nSPS) is 13.8. The van der Waals surface area contributed by atoms with Gasteiger partial charge in [0.25, 0.3) is 11.8 Å². The maximum Gasteiger partial charge on any atom is 0.261 e. The number of rotatable bonds is 2. The van der Waals surface area contributed by atoms with Crippen LogP contribution >= 0.6 is 22.6 Å². The van der Waals surface area contributed by atoms with E-state index in [0.29, 0.717) is 16.7 Å². The summed E-state index contributed by atoms with van der Waals surface area (Å²) in [7, 11) is 0. The van der Waals surface area contributed by atoms with Crippen LogP contribution in [0.1, 0.15) is 26.3 Å². The third kappa shape index (κ3) is 2.11. The van der Waals surface area contributed by atoms with Gasteiger partial charge in [-0.2, -0.15) is 0 Å². The highest BCUT2D eigenvalue weighted by Crippen LogP contribution is 2.26. The molecule has 0 fully saturated rings. The van der Waals surface area contributed by atoms with Crippen molar-refractivity contribution in [3.63, 3.8) is 0 Å². The second kappa shape index (κ2) is 4.97. The molecule has 0 bridgehead atoms. The third-order valence-electron chi connectivity index (χ3n) is 3.22. The number of hydrogen-bond donors (Lipinski definition) is 0. The minimum atomic E-state index is -0.418. The van der Waals surface area contributed by atoms with E-state index in [2.05, 4.69) is 22.6 Å². The Labute approximate surface area is 128 Å². The molecule has 1 aliphatic rings. The number of amides is 2. The van der Waals surface area contributed by atoms with Gasteiger partial charge < -0.3 is 0 Å². The zero-order chi connectivity index (χ0) is 14.3. The van der Waals surface area contributed by atoms with Crippen LogP contribution in [0, 0.1) is 9.39 Å². The van der Waals surface area contributed by atoms with Gasteiger partial charge in [-0.1, -0.05) is 18.2 Å². The quantitative estimate of drug-likeness (QED) is 0.592. The molecule has 0 spiro atoms. The fourth-order valence-corrected chi connectivity index (χ4v) is 2.69. The Hall–Kier alpha value is -1.76. The average molecular weight is 381 g/mol. The number of nitrogens with zero attached hydrogens (tertiary/aromatic N) is 1. The lowest BCUT2D eigenvalue weighted by molar-refractivity contribution is 0.0641. The predicted molar refractivity (Wildman–Crippen MR) is 79.8 cm³/mol. The maximum absolute atomic E-state index is 13.6. The second-order valence-corrected chi connectivity index (χ2v) is 5.72. The van der Waals surface area contributed by atoms with Crippen LogP contribution in [0.4, 0.5) is 4.39 Å². The van der Waals surface area contributed by atoms with E-state index in [4.69, 9.17) is 0 Å². The molecule has 1 aliphatic heterocycles. The summed E-state index contributed by atoms with van der Waals surface area (Å²) in [6, 6.07) is 11.2. The van der Waals surface area contributed by atoms with Crippen molar-refractivity contribution in [1.29, 1.82) is 0 Å². The molecule has 0 atom stereocenters. The van der Waals surface area contributed by atoms with E-state index in [9.17, 15) is 14.0 Å². The molecule has 0 saturated heterocycles. The van der Waals surface area contributed by atoms with Crippen LogP contribution in [0.3, 0.4) is 0 Å². The molecular weight excluding hydrogens is 372 g/mol. The van der Waals surface area contributed by atoms with Crippen LogP contribution in [0.15, 0.2) is 42.5 Å². The fraction of sp³-hybridized carbons (Fsp3) is 0.0667. The molecule has 0 radical (unpaired) electrons. The van der Waals surface area contributed by atoms with E-state index in [-0.39, 0.29) is 18.4 Å². The Morgan fingerprint density at radius 1 is 1.00 bits per heavy atom. The summed E-state index contributed by atoms with van der Waals surface area (Å²) in [5, 5.41) is 0. The summed E-state index contributed by atoms with van der Waals surface area (Å²) in [4.78, 5) is 25.6.